The van der Waals surface area contributed by atoms with E-state index in [9.17, 15) is 4.79 Å². The third-order valence-electron chi connectivity index (χ3n) is 4.19. The summed E-state index contributed by atoms with van der Waals surface area (Å²) in [5.74, 6) is 2.26. The van der Waals surface area contributed by atoms with E-state index in [4.69, 9.17) is 9.47 Å². The molecule has 2 aromatic rings. The quantitative estimate of drug-likeness (QED) is 0.925. The van der Waals surface area contributed by atoms with Gasteiger partial charge in [-0.25, -0.2) is 4.79 Å². The van der Waals surface area contributed by atoms with Gasteiger partial charge in [0.05, 0.1) is 20.4 Å². The van der Waals surface area contributed by atoms with Gasteiger partial charge in [0, 0.05) is 31.6 Å². The smallest absolute Gasteiger partial charge is 0.323 e. The lowest BCUT2D eigenvalue weighted by Crippen LogP contribution is -2.32. The van der Waals surface area contributed by atoms with Gasteiger partial charge in [0.1, 0.15) is 11.5 Å². The summed E-state index contributed by atoms with van der Waals surface area (Å²) in [5, 5.41) is 10.4. The lowest BCUT2D eigenvalue weighted by atomic mass is 9.97. The number of aryl methyl sites for hydroxylation is 1. The van der Waals surface area contributed by atoms with Gasteiger partial charge in [-0.2, -0.15) is 0 Å². The molecule has 8 nitrogen and oxygen atoms in total. The molecule has 8 heteroatoms. The number of methoxy groups -OCH3 is 2. The van der Waals surface area contributed by atoms with Crippen molar-refractivity contribution in [2.45, 2.75) is 12.3 Å². The van der Waals surface area contributed by atoms with Crippen molar-refractivity contribution < 1.29 is 14.3 Å². The number of hydrogen-bond donors (Lipinski definition) is 1. The molecule has 24 heavy (non-hydrogen) atoms. The van der Waals surface area contributed by atoms with Crippen molar-refractivity contribution in [3.63, 3.8) is 0 Å². The highest BCUT2D eigenvalue weighted by Gasteiger charge is 2.29. The van der Waals surface area contributed by atoms with E-state index in [-0.39, 0.29) is 11.9 Å². The lowest BCUT2D eigenvalue weighted by molar-refractivity contribution is 0.222. The van der Waals surface area contributed by atoms with Crippen LogP contribution in [-0.2, 0) is 7.05 Å². The average Bonchev–Trinajstić information content (AvgIpc) is 3.23. The Hall–Kier alpha value is -2.77. The van der Waals surface area contributed by atoms with Crippen LogP contribution in [0.3, 0.4) is 0 Å². The van der Waals surface area contributed by atoms with E-state index >= 15 is 0 Å². The largest absolute Gasteiger partial charge is 0.497 e. The SMILES string of the molecule is COc1ccc(OC)c([C@H]2CCN(C(=O)Nc3cn(C)nn3)C2)c1. The molecular weight excluding hydrogens is 310 g/mol. The number of carbonyl (C=O) groups is 1. The van der Waals surface area contributed by atoms with Crippen molar-refractivity contribution >= 4 is 11.8 Å². The molecule has 0 aliphatic carbocycles. The molecule has 2 amide bonds. The van der Waals surface area contributed by atoms with Crippen molar-refractivity contribution in [3.05, 3.63) is 30.0 Å². The summed E-state index contributed by atoms with van der Waals surface area (Å²) in [4.78, 5) is 14.1. The summed E-state index contributed by atoms with van der Waals surface area (Å²) in [6.07, 6.45) is 2.54. The highest BCUT2D eigenvalue weighted by molar-refractivity contribution is 5.88. The molecule has 1 aromatic carbocycles. The Morgan fingerprint density at radius 2 is 2.17 bits per heavy atom. The average molecular weight is 331 g/mol. The first kappa shape index (κ1) is 16.1. The Morgan fingerprint density at radius 3 is 2.83 bits per heavy atom. The molecule has 1 atom stereocenters. The zero-order valence-electron chi connectivity index (χ0n) is 14.0. The first-order valence-electron chi connectivity index (χ1n) is 7.75. The molecule has 1 saturated heterocycles. The summed E-state index contributed by atoms with van der Waals surface area (Å²) in [5.41, 5.74) is 1.06. The predicted molar refractivity (Wildman–Crippen MR) is 88.5 cm³/mol. The Morgan fingerprint density at radius 1 is 1.33 bits per heavy atom. The van der Waals surface area contributed by atoms with Gasteiger partial charge in [0.2, 0.25) is 0 Å². The second-order valence-corrected chi connectivity index (χ2v) is 5.75. The van der Waals surface area contributed by atoms with Crippen LogP contribution in [0.25, 0.3) is 0 Å². The number of aromatic nitrogens is 3. The molecule has 1 aliphatic rings. The molecule has 128 valence electrons. The molecule has 2 heterocycles. The fraction of sp³-hybridized carbons (Fsp3) is 0.438. The van der Waals surface area contributed by atoms with Crippen LogP contribution in [0, 0.1) is 0 Å². The Balaban J connectivity index is 1.69. The van der Waals surface area contributed by atoms with E-state index in [1.54, 1.807) is 37.0 Å². The zero-order valence-corrected chi connectivity index (χ0v) is 14.0. The number of ether oxygens (including phenoxy) is 2. The summed E-state index contributed by atoms with van der Waals surface area (Å²) < 4.78 is 12.3. The maximum absolute atomic E-state index is 12.4. The molecule has 1 aliphatic heterocycles. The van der Waals surface area contributed by atoms with Gasteiger partial charge in [-0.1, -0.05) is 5.21 Å². The van der Waals surface area contributed by atoms with E-state index in [0.29, 0.717) is 18.9 Å². The molecule has 1 fully saturated rings. The van der Waals surface area contributed by atoms with Crippen LogP contribution >= 0.6 is 0 Å². The van der Waals surface area contributed by atoms with Crippen LogP contribution in [-0.4, -0.2) is 53.2 Å². The molecule has 0 saturated carbocycles. The minimum Gasteiger partial charge on any atom is -0.497 e. The van der Waals surface area contributed by atoms with Crippen LogP contribution in [0.15, 0.2) is 24.4 Å². The van der Waals surface area contributed by atoms with Crippen LogP contribution < -0.4 is 14.8 Å². The summed E-state index contributed by atoms with van der Waals surface area (Å²) in [6, 6.07) is 5.58. The number of anilines is 1. The Labute approximate surface area is 140 Å². The van der Waals surface area contributed by atoms with Gasteiger partial charge in [-0.15, -0.1) is 5.10 Å². The molecule has 0 bridgehead atoms. The van der Waals surface area contributed by atoms with Crippen LogP contribution in [0.5, 0.6) is 11.5 Å². The normalized spacial score (nSPS) is 17.0. The number of nitrogens with one attached hydrogen (secondary N) is 1. The Bertz CT molecular complexity index is 730. The van der Waals surface area contributed by atoms with Gasteiger partial charge in [0.15, 0.2) is 5.82 Å². The van der Waals surface area contributed by atoms with Gasteiger partial charge >= 0.3 is 6.03 Å². The van der Waals surface area contributed by atoms with Gasteiger partial charge in [-0.3, -0.25) is 10.00 Å². The highest BCUT2D eigenvalue weighted by atomic mass is 16.5. The minimum atomic E-state index is -0.167. The van der Waals surface area contributed by atoms with Crippen molar-refractivity contribution in [2.75, 3.05) is 32.6 Å². The highest BCUT2D eigenvalue weighted by Crippen LogP contribution is 2.36. The van der Waals surface area contributed by atoms with Crippen molar-refractivity contribution in [3.8, 4) is 11.5 Å². The first-order valence-corrected chi connectivity index (χ1v) is 7.75. The number of carbonyl (C=O) groups excluding carboxylic acids is 1. The third-order valence-corrected chi connectivity index (χ3v) is 4.19. The number of benzene rings is 1. The van der Waals surface area contributed by atoms with E-state index in [2.05, 4.69) is 15.6 Å². The van der Waals surface area contributed by atoms with Crippen molar-refractivity contribution in [1.82, 2.24) is 19.9 Å². The number of rotatable bonds is 4. The Kier molecular flexibility index (Phi) is 4.54. The molecule has 0 unspecified atom stereocenters. The van der Waals surface area contributed by atoms with E-state index in [1.807, 2.05) is 18.2 Å². The van der Waals surface area contributed by atoms with Crippen LogP contribution in [0.1, 0.15) is 17.9 Å². The third kappa shape index (κ3) is 3.27. The maximum atomic E-state index is 12.4. The number of amides is 2. The van der Waals surface area contributed by atoms with Crippen molar-refractivity contribution in [1.29, 1.82) is 0 Å². The summed E-state index contributed by atoms with van der Waals surface area (Å²) >= 11 is 0. The molecule has 0 radical (unpaired) electrons. The predicted octanol–water partition coefficient (Wildman–Crippen LogP) is 1.85. The zero-order chi connectivity index (χ0) is 17.1. The molecule has 0 spiro atoms. The summed E-state index contributed by atoms with van der Waals surface area (Å²) in [7, 11) is 5.04. The standard InChI is InChI=1S/C16H21N5O3/c1-20-10-15(18-19-20)17-16(22)21-7-6-11(9-21)13-8-12(23-2)4-5-14(13)24-3/h4-5,8,10-11H,6-7,9H2,1-3H3,(H,17,22)/t11-/m0/s1. The van der Waals surface area contributed by atoms with E-state index < -0.39 is 0 Å². The number of likely N-dealkylation sites (tertiary alicyclic amines) is 1. The fourth-order valence-corrected chi connectivity index (χ4v) is 2.95. The second kappa shape index (κ2) is 6.77. The number of urea groups is 1. The van der Waals surface area contributed by atoms with E-state index in [1.165, 1.54) is 0 Å². The van der Waals surface area contributed by atoms with Crippen molar-refractivity contribution in [2.24, 2.45) is 7.05 Å². The monoisotopic (exact) mass is 331 g/mol. The van der Waals surface area contributed by atoms with Gasteiger partial charge in [-0.05, 0) is 24.6 Å². The second-order valence-electron chi connectivity index (χ2n) is 5.75. The molecule has 1 aromatic heterocycles. The molecule has 1 N–H and O–H groups in total. The van der Waals surface area contributed by atoms with Gasteiger partial charge < -0.3 is 14.4 Å². The summed E-state index contributed by atoms with van der Waals surface area (Å²) in [6.45, 7) is 1.30. The minimum absolute atomic E-state index is 0.167. The molecule has 3 rings (SSSR count). The molecular formula is C16H21N5O3. The van der Waals surface area contributed by atoms with E-state index in [0.717, 1.165) is 23.5 Å². The van der Waals surface area contributed by atoms with Crippen LogP contribution in [0.4, 0.5) is 10.6 Å². The number of hydrogen-bond acceptors (Lipinski definition) is 5. The first-order chi connectivity index (χ1) is 11.6. The fourth-order valence-electron chi connectivity index (χ4n) is 2.95. The maximum Gasteiger partial charge on any atom is 0.323 e. The topological polar surface area (TPSA) is 81.5 Å². The van der Waals surface area contributed by atoms with Crippen LogP contribution in [0.2, 0.25) is 0 Å². The number of nitrogens with zero attached hydrogens (tertiary/aromatic N) is 4. The lowest BCUT2D eigenvalue weighted by Gasteiger charge is -2.18. The van der Waals surface area contributed by atoms with Gasteiger partial charge in [0.25, 0.3) is 0 Å².